The minimum atomic E-state index is 0.0558. The average molecular weight is 412 g/mol. The van der Waals surface area contributed by atoms with E-state index in [4.69, 9.17) is 16.3 Å². The van der Waals surface area contributed by atoms with Gasteiger partial charge in [0.05, 0.1) is 13.7 Å². The van der Waals surface area contributed by atoms with E-state index < -0.39 is 0 Å². The van der Waals surface area contributed by atoms with E-state index in [1.807, 2.05) is 30.3 Å². The first-order chi connectivity index (χ1) is 14.1. The summed E-state index contributed by atoms with van der Waals surface area (Å²) < 4.78 is 5.38. The third kappa shape index (κ3) is 4.74. The zero-order chi connectivity index (χ0) is 20.2. The van der Waals surface area contributed by atoms with Crippen molar-refractivity contribution in [2.24, 2.45) is 0 Å². The highest BCUT2D eigenvalue weighted by Gasteiger charge is 2.24. The monoisotopic (exact) mass is 411 g/mol. The van der Waals surface area contributed by atoms with Crippen molar-refractivity contribution in [1.29, 1.82) is 0 Å². The number of methoxy groups -OCH3 is 1. The van der Waals surface area contributed by atoms with Gasteiger partial charge >= 0.3 is 0 Å². The number of nitrogens with zero attached hydrogens (tertiary/aromatic N) is 1. The lowest BCUT2D eigenvalue weighted by molar-refractivity contribution is -0.122. The third-order valence-electron chi connectivity index (χ3n) is 5.69. The number of piperidine rings is 1. The lowest BCUT2D eigenvalue weighted by atomic mass is 9.89. The summed E-state index contributed by atoms with van der Waals surface area (Å²) in [5, 5.41) is 4.92. The van der Waals surface area contributed by atoms with Crippen LogP contribution in [0.3, 0.4) is 0 Å². The van der Waals surface area contributed by atoms with Gasteiger partial charge in [0, 0.05) is 28.7 Å². The van der Waals surface area contributed by atoms with Gasteiger partial charge < -0.3 is 15.0 Å². The van der Waals surface area contributed by atoms with Gasteiger partial charge in [0.15, 0.2) is 0 Å². The summed E-state index contributed by atoms with van der Waals surface area (Å²) in [4.78, 5) is 17.9. The molecular formula is C23H26ClN3O2. The van der Waals surface area contributed by atoms with Crippen LogP contribution in [-0.4, -0.2) is 42.5 Å². The Morgan fingerprint density at radius 1 is 1.24 bits per heavy atom. The maximum atomic E-state index is 12.3. The van der Waals surface area contributed by atoms with Gasteiger partial charge in [-0.05, 0) is 73.3 Å². The first-order valence-electron chi connectivity index (χ1n) is 10.0. The molecule has 0 aliphatic carbocycles. The van der Waals surface area contributed by atoms with E-state index in [-0.39, 0.29) is 5.91 Å². The number of hydrogen-bond acceptors (Lipinski definition) is 3. The number of aromatic nitrogens is 1. The van der Waals surface area contributed by atoms with Crippen molar-refractivity contribution in [3.63, 3.8) is 0 Å². The standard InChI is InChI=1S/C23H26ClN3O2/c1-29-19-5-6-22-20(12-19)21(14-25-22)17-7-9-27(10-8-17)15-23(28)26-13-16-3-2-4-18(24)11-16/h2-6,11-12,14,17,25H,7-10,13,15H2,1H3,(H,26,28). The second-order valence-corrected chi connectivity index (χ2v) is 8.05. The summed E-state index contributed by atoms with van der Waals surface area (Å²) in [6.45, 7) is 2.79. The zero-order valence-corrected chi connectivity index (χ0v) is 17.3. The maximum absolute atomic E-state index is 12.3. The number of ether oxygens (including phenoxy) is 1. The van der Waals surface area contributed by atoms with Gasteiger partial charge in [-0.2, -0.15) is 0 Å². The van der Waals surface area contributed by atoms with Crippen LogP contribution in [0.5, 0.6) is 5.75 Å². The first-order valence-corrected chi connectivity index (χ1v) is 10.4. The smallest absolute Gasteiger partial charge is 0.234 e. The number of aromatic amines is 1. The summed E-state index contributed by atoms with van der Waals surface area (Å²) in [6, 6.07) is 13.7. The Bertz CT molecular complexity index is 993. The molecule has 0 unspecified atom stereocenters. The van der Waals surface area contributed by atoms with Gasteiger partial charge in [-0.15, -0.1) is 0 Å². The topological polar surface area (TPSA) is 57.4 Å². The van der Waals surface area contributed by atoms with Crippen LogP contribution in [0.1, 0.15) is 29.9 Å². The quantitative estimate of drug-likeness (QED) is 0.634. The molecule has 5 nitrogen and oxygen atoms in total. The van der Waals surface area contributed by atoms with Crippen molar-refractivity contribution >= 4 is 28.4 Å². The van der Waals surface area contributed by atoms with E-state index >= 15 is 0 Å². The summed E-state index contributed by atoms with van der Waals surface area (Å²) >= 11 is 5.99. The molecule has 29 heavy (non-hydrogen) atoms. The Morgan fingerprint density at radius 3 is 2.83 bits per heavy atom. The molecule has 4 rings (SSSR count). The van der Waals surface area contributed by atoms with E-state index in [2.05, 4.69) is 33.5 Å². The second kappa shape index (κ2) is 8.89. The van der Waals surface area contributed by atoms with Crippen molar-refractivity contribution in [3.05, 3.63) is 64.8 Å². The number of hydrogen-bond donors (Lipinski definition) is 2. The van der Waals surface area contributed by atoms with Crippen LogP contribution in [0, 0.1) is 0 Å². The highest BCUT2D eigenvalue weighted by molar-refractivity contribution is 6.30. The molecular weight excluding hydrogens is 386 g/mol. The van der Waals surface area contributed by atoms with Crippen LogP contribution in [0.15, 0.2) is 48.7 Å². The lowest BCUT2D eigenvalue weighted by Gasteiger charge is -2.31. The Morgan fingerprint density at radius 2 is 2.07 bits per heavy atom. The van der Waals surface area contributed by atoms with Crippen LogP contribution < -0.4 is 10.1 Å². The number of nitrogens with one attached hydrogen (secondary N) is 2. The Hall–Kier alpha value is -2.50. The molecule has 1 aliphatic heterocycles. The van der Waals surface area contributed by atoms with Crippen molar-refractivity contribution in [2.75, 3.05) is 26.7 Å². The van der Waals surface area contributed by atoms with Gasteiger partial charge in [0.2, 0.25) is 5.91 Å². The number of carbonyl (C=O) groups is 1. The second-order valence-electron chi connectivity index (χ2n) is 7.61. The molecule has 1 amide bonds. The van der Waals surface area contributed by atoms with Crippen molar-refractivity contribution in [3.8, 4) is 5.75 Å². The Labute approximate surface area is 176 Å². The van der Waals surface area contributed by atoms with Gasteiger partial charge in [-0.3, -0.25) is 9.69 Å². The van der Waals surface area contributed by atoms with Gasteiger partial charge in [0.1, 0.15) is 5.75 Å². The molecule has 2 heterocycles. The third-order valence-corrected chi connectivity index (χ3v) is 5.93. The zero-order valence-electron chi connectivity index (χ0n) is 16.6. The fraction of sp³-hybridized carbons (Fsp3) is 0.348. The fourth-order valence-corrected chi connectivity index (χ4v) is 4.31. The van der Waals surface area contributed by atoms with Gasteiger partial charge in [-0.25, -0.2) is 0 Å². The summed E-state index contributed by atoms with van der Waals surface area (Å²) in [6.07, 6.45) is 4.22. The molecule has 1 aromatic heterocycles. The number of rotatable bonds is 6. The molecule has 0 atom stereocenters. The molecule has 6 heteroatoms. The highest BCUT2D eigenvalue weighted by Crippen LogP contribution is 2.34. The largest absolute Gasteiger partial charge is 0.497 e. The van der Waals surface area contributed by atoms with Crippen molar-refractivity contribution in [1.82, 2.24) is 15.2 Å². The van der Waals surface area contributed by atoms with E-state index in [1.54, 1.807) is 7.11 Å². The molecule has 2 N–H and O–H groups in total. The lowest BCUT2D eigenvalue weighted by Crippen LogP contribution is -2.41. The van der Waals surface area contributed by atoms with Crippen LogP contribution in [0.4, 0.5) is 0 Å². The normalized spacial score (nSPS) is 15.5. The number of likely N-dealkylation sites (tertiary alicyclic amines) is 1. The molecule has 152 valence electrons. The molecule has 1 saturated heterocycles. The molecule has 3 aromatic rings. The van der Waals surface area contributed by atoms with Crippen LogP contribution in [-0.2, 0) is 11.3 Å². The minimum absolute atomic E-state index is 0.0558. The predicted octanol–water partition coefficient (Wildman–Crippen LogP) is 4.33. The minimum Gasteiger partial charge on any atom is -0.497 e. The summed E-state index contributed by atoms with van der Waals surface area (Å²) in [7, 11) is 1.70. The van der Waals surface area contributed by atoms with Crippen molar-refractivity contribution < 1.29 is 9.53 Å². The van der Waals surface area contributed by atoms with Crippen molar-refractivity contribution in [2.45, 2.75) is 25.3 Å². The molecule has 0 radical (unpaired) electrons. The van der Waals surface area contributed by atoms with E-state index in [0.29, 0.717) is 24.0 Å². The number of halogens is 1. The molecule has 2 aromatic carbocycles. The molecule has 1 aliphatic rings. The number of H-pyrrole nitrogens is 1. The van der Waals surface area contributed by atoms with Gasteiger partial charge in [0.25, 0.3) is 0 Å². The Balaban J connectivity index is 1.30. The SMILES string of the molecule is COc1ccc2[nH]cc(C3CCN(CC(=O)NCc4cccc(Cl)c4)CC3)c2c1. The summed E-state index contributed by atoms with van der Waals surface area (Å²) in [5.74, 6) is 1.44. The van der Waals surface area contributed by atoms with Crippen LogP contribution >= 0.6 is 11.6 Å². The number of fused-ring (bicyclic) bond motifs is 1. The summed E-state index contributed by atoms with van der Waals surface area (Å²) in [5.41, 5.74) is 3.51. The number of amides is 1. The van der Waals surface area contributed by atoms with Crippen LogP contribution in [0.2, 0.25) is 5.02 Å². The number of benzene rings is 2. The van der Waals surface area contributed by atoms with E-state index in [9.17, 15) is 4.79 Å². The first kappa shape index (κ1) is 19.8. The fourth-order valence-electron chi connectivity index (χ4n) is 4.09. The van der Waals surface area contributed by atoms with Crippen LogP contribution in [0.25, 0.3) is 10.9 Å². The molecule has 0 saturated carbocycles. The van der Waals surface area contributed by atoms with E-state index in [0.717, 1.165) is 42.8 Å². The predicted molar refractivity (Wildman–Crippen MR) is 117 cm³/mol. The van der Waals surface area contributed by atoms with E-state index in [1.165, 1.54) is 10.9 Å². The highest BCUT2D eigenvalue weighted by atomic mass is 35.5. The maximum Gasteiger partial charge on any atom is 0.234 e. The molecule has 0 bridgehead atoms. The van der Waals surface area contributed by atoms with Gasteiger partial charge in [-0.1, -0.05) is 23.7 Å². The molecule has 1 fully saturated rings. The number of carbonyl (C=O) groups excluding carboxylic acids is 1. The average Bonchev–Trinajstić information content (AvgIpc) is 3.16. The molecule has 0 spiro atoms. The Kier molecular flexibility index (Phi) is 6.07.